The second-order valence-corrected chi connectivity index (χ2v) is 3.79. The Hall–Kier alpha value is 0.0800. The van der Waals surface area contributed by atoms with Crippen molar-refractivity contribution in [3.63, 3.8) is 0 Å². The first kappa shape index (κ1) is 10.1. The van der Waals surface area contributed by atoms with E-state index in [1.165, 1.54) is 0 Å². The third kappa shape index (κ3) is 3.99. The summed E-state index contributed by atoms with van der Waals surface area (Å²) in [4.78, 5) is 3.69. The Balaban J connectivity index is 4.05. The van der Waals surface area contributed by atoms with Gasteiger partial charge in [0.1, 0.15) is 5.84 Å². The molecule has 0 radical (unpaired) electrons. The molecule has 0 rings (SSSR count). The SMILES string of the molecule is C=CCN=C(N)C(Cl)(Cl)Cl. The molecule has 2 N–H and O–H groups in total. The number of alkyl halides is 3. The molecule has 58 valence electrons. The third-order valence-corrected chi connectivity index (χ3v) is 1.26. The van der Waals surface area contributed by atoms with Gasteiger partial charge in [0.15, 0.2) is 0 Å². The summed E-state index contributed by atoms with van der Waals surface area (Å²) in [6.45, 7) is 3.78. The van der Waals surface area contributed by atoms with Crippen LogP contribution in [0.15, 0.2) is 17.6 Å². The van der Waals surface area contributed by atoms with Crippen LogP contribution in [0.4, 0.5) is 0 Å². The van der Waals surface area contributed by atoms with E-state index in [0.29, 0.717) is 6.54 Å². The van der Waals surface area contributed by atoms with E-state index in [-0.39, 0.29) is 5.84 Å². The number of halogens is 3. The summed E-state index contributed by atoms with van der Waals surface area (Å²) in [7, 11) is 0. The molecule has 0 aliphatic carbocycles. The molecule has 2 nitrogen and oxygen atoms in total. The smallest absolute Gasteiger partial charge is 0.247 e. The van der Waals surface area contributed by atoms with Crippen molar-refractivity contribution in [1.29, 1.82) is 0 Å². The van der Waals surface area contributed by atoms with Crippen molar-refractivity contribution in [2.45, 2.75) is 3.79 Å². The fraction of sp³-hybridized carbons (Fsp3) is 0.400. The highest BCUT2D eigenvalue weighted by molar-refractivity contribution is 6.76. The first-order valence-electron chi connectivity index (χ1n) is 2.46. The molecule has 0 saturated heterocycles. The van der Waals surface area contributed by atoms with Gasteiger partial charge in [-0.1, -0.05) is 40.9 Å². The van der Waals surface area contributed by atoms with Gasteiger partial charge >= 0.3 is 0 Å². The quantitative estimate of drug-likeness (QED) is 0.315. The molecule has 0 spiro atoms. The lowest BCUT2D eigenvalue weighted by Gasteiger charge is -2.08. The van der Waals surface area contributed by atoms with Crippen LogP contribution in [0, 0.1) is 0 Å². The first-order valence-corrected chi connectivity index (χ1v) is 3.60. The predicted octanol–water partition coefficient (Wildman–Crippen LogP) is 1.90. The Labute approximate surface area is 74.7 Å². The van der Waals surface area contributed by atoms with E-state index in [0.717, 1.165) is 0 Å². The van der Waals surface area contributed by atoms with E-state index < -0.39 is 3.79 Å². The molecule has 0 aromatic rings. The maximum Gasteiger partial charge on any atom is 0.247 e. The number of hydrogen-bond donors (Lipinski definition) is 1. The average molecular weight is 201 g/mol. The van der Waals surface area contributed by atoms with E-state index in [2.05, 4.69) is 11.6 Å². The molecule has 0 bridgehead atoms. The van der Waals surface area contributed by atoms with E-state index in [1.807, 2.05) is 0 Å². The van der Waals surface area contributed by atoms with Crippen molar-refractivity contribution in [3.8, 4) is 0 Å². The fourth-order valence-corrected chi connectivity index (χ4v) is 0.432. The van der Waals surface area contributed by atoms with Gasteiger partial charge in [-0.3, -0.25) is 4.99 Å². The summed E-state index contributed by atoms with van der Waals surface area (Å²) in [5.74, 6) is -0.0163. The molecular weight excluding hydrogens is 194 g/mol. The second-order valence-electron chi connectivity index (χ2n) is 1.51. The van der Waals surface area contributed by atoms with Crippen LogP contribution in [0.25, 0.3) is 0 Å². The van der Waals surface area contributed by atoms with Gasteiger partial charge in [-0.2, -0.15) is 0 Å². The first-order chi connectivity index (χ1) is 4.48. The standard InChI is InChI=1S/C5H7Cl3N2/c1-2-3-10-4(9)5(6,7)8/h2H,1,3H2,(H2,9,10). The van der Waals surface area contributed by atoms with Crippen LogP contribution in [-0.2, 0) is 0 Å². The van der Waals surface area contributed by atoms with Crippen LogP contribution in [-0.4, -0.2) is 16.2 Å². The predicted molar refractivity (Wildman–Crippen MR) is 47.0 cm³/mol. The summed E-state index contributed by atoms with van der Waals surface area (Å²) >= 11 is 16.1. The molecular formula is C5H7Cl3N2. The molecule has 0 atom stereocenters. The molecule has 0 aromatic carbocycles. The monoisotopic (exact) mass is 200 g/mol. The van der Waals surface area contributed by atoms with Crippen LogP contribution >= 0.6 is 34.8 Å². The molecule has 0 saturated carbocycles. The number of aliphatic imine (C=N–C) groups is 1. The highest BCUT2D eigenvalue weighted by atomic mass is 35.6. The molecule has 0 aromatic heterocycles. The molecule has 10 heavy (non-hydrogen) atoms. The highest BCUT2D eigenvalue weighted by Gasteiger charge is 2.24. The Kier molecular flexibility index (Phi) is 4.09. The normalized spacial score (nSPS) is 13.3. The summed E-state index contributed by atoms with van der Waals surface area (Å²) in [5.41, 5.74) is 5.24. The van der Waals surface area contributed by atoms with Crippen molar-refractivity contribution in [1.82, 2.24) is 0 Å². The summed E-state index contributed by atoms with van der Waals surface area (Å²) in [6.07, 6.45) is 1.56. The molecule has 0 heterocycles. The third-order valence-electron chi connectivity index (χ3n) is 0.681. The van der Waals surface area contributed by atoms with Gasteiger partial charge in [-0.05, 0) is 0 Å². The Morgan fingerprint density at radius 2 is 2.10 bits per heavy atom. The van der Waals surface area contributed by atoms with Gasteiger partial charge in [-0.25, -0.2) is 0 Å². The van der Waals surface area contributed by atoms with Crippen molar-refractivity contribution in [3.05, 3.63) is 12.7 Å². The maximum atomic E-state index is 5.36. The molecule has 0 aliphatic rings. The minimum atomic E-state index is -1.59. The van der Waals surface area contributed by atoms with Crippen LogP contribution in [0.5, 0.6) is 0 Å². The van der Waals surface area contributed by atoms with E-state index >= 15 is 0 Å². The average Bonchev–Trinajstić information content (AvgIpc) is 1.80. The van der Waals surface area contributed by atoms with Crippen LogP contribution < -0.4 is 5.73 Å². The molecule has 0 amide bonds. The maximum absolute atomic E-state index is 5.36. The zero-order valence-electron chi connectivity index (χ0n) is 5.15. The lowest BCUT2D eigenvalue weighted by Crippen LogP contribution is -2.28. The molecule has 0 aliphatic heterocycles. The molecule has 0 unspecified atom stereocenters. The number of nitrogens with two attached hydrogens (primary N) is 1. The fourth-order valence-electron chi connectivity index (χ4n) is 0.253. The van der Waals surface area contributed by atoms with Gasteiger partial charge in [0.2, 0.25) is 3.79 Å². The molecule has 0 fully saturated rings. The summed E-state index contributed by atoms with van der Waals surface area (Å²) in [6, 6.07) is 0. The Bertz CT molecular complexity index is 147. The highest BCUT2D eigenvalue weighted by Crippen LogP contribution is 2.25. The minimum Gasteiger partial charge on any atom is -0.384 e. The summed E-state index contributed by atoms with van der Waals surface area (Å²) < 4.78 is -1.59. The molecule has 5 heteroatoms. The number of nitrogens with zero attached hydrogens (tertiary/aromatic N) is 1. The zero-order valence-corrected chi connectivity index (χ0v) is 7.42. The van der Waals surface area contributed by atoms with Crippen LogP contribution in [0.1, 0.15) is 0 Å². The summed E-state index contributed by atoms with van der Waals surface area (Å²) in [5, 5.41) is 0. The second kappa shape index (κ2) is 4.06. The Morgan fingerprint density at radius 1 is 1.60 bits per heavy atom. The van der Waals surface area contributed by atoms with Gasteiger partial charge in [0, 0.05) is 0 Å². The minimum absolute atomic E-state index is 0.0163. The number of hydrogen-bond acceptors (Lipinski definition) is 1. The largest absolute Gasteiger partial charge is 0.384 e. The van der Waals surface area contributed by atoms with E-state index in [1.54, 1.807) is 6.08 Å². The lowest BCUT2D eigenvalue weighted by atomic mass is 10.6. The van der Waals surface area contributed by atoms with Crippen LogP contribution in [0.2, 0.25) is 0 Å². The van der Waals surface area contributed by atoms with Crippen molar-refractivity contribution in [2.24, 2.45) is 10.7 Å². The van der Waals surface area contributed by atoms with Gasteiger partial charge in [0.25, 0.3) is 0 Å². The van der Waals surface area contributed by atoms with E-state index in [4.69, 9.17) is 40.5 Å². The van der Waals surface area contributed by atoms with Gasteiger partial charge < -0.3 is 5.73 Å². The Morgan fingerprint density at radius 3 is 2.40 bits per heavy atom. The lowest BCUT2D eigenvalue weighted by molar-refractivity contribution is 1.20. The zero-order chi connectivity index (χ0) is 8.20. The number of rotatable bonds is 2. The topological polar surface area (TPSA) is 38.4 Å². The van der Waals surface area contributed by atoms with Crippen LogP contribution in [0.3, 0.4) is 0 Å². The van der Waals surface area contributed by atoms with Gasteiger partial charge in [-0.15, -0.1) is 6.58 Å². The van der Waals surface area contributed by atoms with Crippen molar-refractivity contribution < 1.29 is 0 Å². The van der Waals surface area contributed by atoms with E-state index in [9.17, 15) is 0 Å². The van der Waals surface area contributed by atoms with Crippen molar-refractivity contribution >= 4 is 40.6 Å². The van der Waals surface area contributed by atoms with Crippen molar-refractivity contribution in [2.75, 3.05) is 6.54 Å². The number of amidine groups is 1. The van der Waals surface area contributed by atoms with Gasteiger partial charge in [0.05, 0.1) is 6.54 Å².